The number of benzene rings is 1. The number of hydrogen-bond acceptors (Lipinski definition) is 3. The monoisotopic (exact) mass is 276 g/mol. The van der Waals surface area contributed by atoms with Gasteiger partial charge in [-0.05, 0) is 28.1 Å². The summed E-state index contributed by atoms with van der Waals surface area (Å²) in [6, 6.07) is 2.93. The minimum absolute atomic E-state index is 0.366. The lowest BCUT2D eigenvalue weighted by atomic mass is 10.2. The Hall–Kier alpha value is -0.650. The molecule has 0 atom stereocenters. The van der Waals surface area contributed by atoms with Gasteiger partial charge in [-0.1, -0.05) is 0 Å². The quantitative estimate of drug-likeness (QED) is 0.831. The molecule has 0 spiro atoms. The van der Waals surface area contributed by atoms with Crippen LogP contribution in [0.2, 0.25) is 0 Å². The predicted molar refractivity (Wildman–Crippen MR) is 55.3 cm³/mol. The zero-order valence-corrected chi connectivity index (χ0v) is 9.71. The van der Waals surface area contributed by atoms with E-state index in [0.29, 0.717) is 29.0 Å². The average molecular weight is 277 g/mol. The van der Waals surface area contributed by atoms with Crippen molar-refractivity contribution in [1.82, 2.24) is 0 Å². The van der Waals surface area contributed by atoms with Crippen LogP contribution < -0.4 is 4.74 Å². The van der Waals surface area contributed by atoms with Crippen molar-refractivity contribution in [2.75, 3.05) is 20.3 Å². The highest BCUT2D eigenvalue weighted by molar-refractivity contribution is 9.10. The van der Waals surface area contributed by atoms with Gasteiger partial charge in [-0.2, -0.15) is 0 Å². The fourth-order valence-corrected chi connectivity index (χ4v) is 1.90. The second-order valence-electron chi connectivity index (χ2n) is 3.08. The van der Waals surface area contributed by atoms with Gasteiger partial charge in [0.1, 0.15) is 11.6 Å². The van der Waals surface area contributed by atoms with Gasteiger partial charge in [-0.15, -0.1) is 0 Å². The first-order valence-corrected chi connectivity index (χ1v) is 5.28. The summed E-state index contributed by atoms with van der Waals surface area (Å²) in [4.78, 5) is 0. The summed E-state index contributed by atoms with van der Waals surface area (Å²) in [5, 5.41) is 0. The fourth-order valence-electron chi connectivity index (χ4n) is 1.42. The van der Waals surface area contributed by atoms with E-state index in [9.17, 15) is 4.39 Å². The van der Waals surface area contributed by atoms with Crippen molar-refractivity contribution in [3.63, 3.8) is 0 Å². The first-order valence-electron chi connectivity index (χ1n) is 4.48. The highest BCUT2D eigenvalue weighted by Crippen LogP contribution is 2.33. The van der Waals surface area contributed by atoms with Crippen molar-refractivity contribution in [2.24, 2.45) is 0 Å². The molecule has 1 aliphatic heterocycles. The fraction of sp³-hybridized carbons (Fsp3) is 0.400. The van der Waals surface area contributed by atoms with E-state index in [1.54, 1.807) is 6.07 Å². The Morgan fingerprint density at radius 2 is 2.07 bits per heavy atom. The summed E-state index contributed by atoms with van der Waals surface area (Å²) in [5.74, 6) is 0.195. The van der Waals surface area contributed by atoms with Crippen LogP contribution in [0.3, 0.4) is 0 Å². The number of methoxy groups -OCH3 is 1. The van der Waals surface area contributed by atoms with E-state index in [1.165, 1.54) is 13.2 Å². The molecule has 0 aromatic heterocycles. The Morgan fingerprint density at radius 3 is 2.67 bits per heavy atom. The number of rotatable bonds is 2. The molecule has 1 fully saturated rings. The van der Waals surface area contributed by atoms with Crippen molar-refractivity contribution in [3.8, 4) is 5.75 Å². The van der Waals surface area contributed by atoms with Gasteiger partial charge in [0.05, 0.1) is 24.8 Å². The van der Waals surface area contributed by atoms with Crippen molar-refractivity contribution in [2.45, 2.75) is 6.29 Å². The Bertz CT molecular complexity index is 364. The van der Waals surface area contributed by atoms with Crippen LogP contribution in [-0.4, -0.2) is 20.3 Å². The van der Waals surface area contributed by atoms with Crippen LogP contribution in [0.4, 0.5) is 4.39 Å². The third-order valence-corrected chi connectivity index (χ3v) is 2.77. The van der Waals surface area contributed by atoms with Gasteiger partial charge < -0.3 is 14.2 Å². The molecule has 0 unspecified atom stereocenters. The molecule has 1 saturated heterocycles. The molecule has 0 N–H and O–H groups in total. The lowest BCUT2D eigenvalue weighted by Crippen LogP contribution is -2.02. The first kappa shape index (κ1) is 10.9. The third-order valence-electron chi connectivity index (χ3n) is 2.15. The van der Waals surface area contributed by atoms with Gasteiger partial charge in [0.25, 0.3) is 0 Å². The van der Waals surface area contributed by atoms with Crippen LogP contribution in [0.1, 0.15) is 11.9 Å². The molecule has 0 bridgehead atoms. The van der Waals surface area contributed by atoms with Crippen molar-refractivity contribution in [1.29, 1.82) is 0 Å². The SMILES string of the molecule is COc1cc(C2OCCO2)c(F)cc1Br. The first-order chi connectivity index (χ1) is 7.22. The van der Waals surface area contributed by atoms with Gasteiger partial charge in [0.15, 0.2) is 6.29 Å². The summed E-state index contributed by atoms with van der Waals surface area (Å²) >= 11 is 3.20. The molecular formula is C10H10BrFO3. The standard InChI is InChI=1S/C10H10BrFO3/c1-13-9-4-6(8(12)5-7(9)11)10-14-2-3-15-10/h4-5,10H,2-3H2,1H3. The maximum absolute atomic E-state index is 13.6. The van der Waals surface area contributed by atoms with Crippen LogP contribution in [0.25, 0.3) is 0 Å². The Kier molecular flexibility index (Phi) is 3.23. The molecule has 2 rings (SSSR count). The summed E-state index contributed by atoms with van der Waals surface area (Å²) in [6.45, 7) is 0.977. The zero-order valence-electron chi connectivity index (χ0n) is 8.13. The molecule has 3 nitrogen and oxygen atoms in total. The average Bonchev–Trinajstić information content (AvgIpc) is 2.71. The zero-order chi connectivity index (χ0) is 10.8. The van der Waals surface area contributed by atoms with Gasteiger partial charge >= 0.3 is 0 Å². The van der Waals surface area contributed by atoms with E-state index in [-0.39, 0.29) is 5.82 Å². The molecule has 1 aromatic carbocycles. The molecular weight excluding hydrogens is 267 g/mol. The second-order valence-corrected chi connectivity index (χ2v) is 3.94. The van der Waals surface area contributed by atoms with Crippen molar-refractivity contribution in [3.05, 3.63) is 28.0 Å². The Labute approximate surface area is 95.3 Å². The third kappa shape index (κ3) is 2.14. The lowest BCUT2D eigenvalue weighted by molar-refractivity contribution is -0.0466. The van der Waals surface area contributed by atoms with E-state index in [1.807, 2.05) is 0 Å². The van der Waals surface area contributed by atoms with Crippen LogP contribution >= 0.6 is 15.9 Å². The predicted octanol–water partition coefficient (Wildman–Crippen LogP) is 2.64. The molecule has 1 aromatic rings. The van der Waals surface area contributed by atoms with Crippen molar-refractivity contribution < 1.29 is 18.6 Å². The normalized spacial score (nSPS) is 17.0. The molecule has 82 valence electrons. The Balaban J connectivity index is 2.37. The van der Waals surface area contributed by atoms with Crippen LogP contribution in [0.15, 0.2) is 16.6 Å². The van der Waals surface area contributed by atoms with E-state index in [4.69, 9.17) is 14.2 Å². The van der Waals surface area contributed by atoms with Gasteiger partial charge in [0.2, 0.25) is 0 Å². The largest absolute Gasteiger partial charge is 0.496 e. The highest BCUT2D eigenvalue weighted by Gasteiger charge is 2.23. The highest BCUT2D eigenvalue weighted by atomic mass is 79.9. The molecule has 0 saturated carbocycles. The Morgan fingerprint density at radius 1 is 1.40 bits per heavy atom. The molecule has 5 heteroatoms. The van der Waals surface area contributed by atoms with Crippen LogP contribution in [0, 0.1) is 5.82 Å². The van der Waals surface area contributed by atoms with E-state index < -0.39 is 6.29 Å². The maximum atomic E-state index is 13.6. The van der Waals surface area contributed by atoms with E-state index in [2.05, 4.69) is 15.9 Å². The molecule has 0 radical (unpaired) electrons. The molecule has 15 heavy (non-hydrogen) atoms. The smallest absolute Gasteiger partial charge is 0.186 e. The summed E-state index contributed by atoms with van der Waals surface area (Å²) < 4.78 is 29.7. The number of halogens is 2. The van der Waals surface area contributed by atoms with Gasteiger partial charge in [-0.3, -0.25) is 0 Å². The summed E-state index contributed by atoms with van der Waals surface area (Å²) in [7, 11) is 1.53. The van der Waals surface area contributed by atoms with Crippen molar-refractivity contribution >= 4 is 15.9 Å². The maximum Gasteiger partial charge on any atom is 0.186 e. The van der Waals surface area contributed by atoms with Gasteiger partial charge in [-0.25, -0.2) is 4.39 Å². The second kappa shape index (κ2) is 4.47. The molecule has 0 aliphatic carbocycles. The molecule has 1 heterocycles. The van der Waals surface area contributed by atoms with E-state index >= 15 is 0 Å². The minimum atomic E-state index is -0.619. The van der Waals surface area contributed by atoms with Crippen LogP contribution in [0.5, 0.6) is 5.75 Å². The van der Waals surface area contributed by atoms with E-state index in [0.717, 1.165) is 0 Å². The molecule has 0 amide bonds. The summed E-state index contributed by atoms with van der Waals surface area (Å²) in [6.07, 6.45) is -0.619. The van der Waals surface area contributed by atoms with Crippen LogP contribution in [-0.2, 0) is 9.47 Å². The lowest BCUT2D eigenvalue weighted by Gasteiger charge is -2.12. The van der Waals surface area contributed by atoms with Gasteiger partial charge in [0, 0.05) is 5.56 Å². The minimum Gasteiger partial charge on any atom is -0.496 e. The summed E-state index contributed by atoms with van der Waals surface area (Å²) in [5.41, 5.74) is 0.368. The molecule has 1 aliphatic rings. The number of hydrogen-bond donors (Lipinski definition) is 0. The topological polar surface area (TPSA) is 27.7 Å². The number of ether oxygens (including phenoxy) is 3.